The Morgan fingerprint density at radius 1 is 1.29 bits per heavy atom. The van der Waals surface area contributed by atoms with Crippen LogP contribution in [0.25, 0.3) is 11.2 Å². The molecule has 148 valence electrons. The third kappa shape index (κ3) is 2.83. The number of aliphatic hydroxyl groups excluding tert-OH is 2. The van der Waals surface area contributed by atoms with E-state index in [0.29, 0.717) is 10.6 Å². The molecule has 9 nitrogen and oxygen atoms in total. The topological polar surface area (TPSA) is 133 Å². The first kappa shape index (κ1) is 19.0. The smallest absolute Gasteiger partial charge is 0.278 e. The van der Waals surface area contributed by atoms with Gasteiger partial charge >= 0.3 is 0 Å². The molecule has 28 heavy (non-hydrogen) atoms. The largest absolute Gasteiger partial charge is 0.387 e. The summed E-state index contributed by atoms with van der Waals surface area (Å²) in [7, 11) is 0. The number of hydrogen-bond acceptors (Lipinski definition) is 7. The molecule has 0 bridgehead atoms. The molecule has 0 radical (unpaired) electrons. The van der Waals surface area contributed by atoms with Crippen LogP contribution in [-0.2, 0) is 10.3 Å². The van der Waals surface area contributed by atoms with E-state index in [1.807, 2.05) is 0 Å². The molecular formula is C18H19ClN4O5. The van der Waals surface area contributed by atoms with Crippen molar-refractivity contribution < 1.29 is 20.1 Å². The van der Waals surface area contributed by atoms with Gasteiger partial charge in [-0.25, -0.2) is 9.97 Å². The number of nitrogens with one attached hydrogen (secondary N) is 1. The summed E-state index contributed by atoms with van der Waals surface area (Å²) in [6.07, 6.45) is -2.48. The number of fused-ring (bicyclic) bond motifs is 1. The first-order valence-corrected chi connectivity index (χ1v) is 9.00. The van der Waals surface area contributed by atoms with Gasteiger partial charge in [-0.05, 0) is 31.0 Å². The van der Waals surface area contributed by atoms with E-state index >= 15 is 0 Å². The van der Waals surface area contributed by atoms with Crippen LogP contribution < -0.4 is 5.56 Å². The van der Waals surface area contributed by atoms with Gasteiger partial charge in [0.1, 0.15) is 23.9 Å². The summed E-state index contributed by atoms with van der Waals surface area (Å²) >= 11 is 6.05. The molecule has 5 atom stereocenters. The Labute approximate surface area is 164 Å². The van der Waals surface area contributed by atoms with Gasteiger partial charge in [0, 0.05) is 5.02 Å². The Morgan fingerprint density at radius 3 is 2.75 bits per heavy atom. The van der Waals surface area contributed by atoms with Gasteiger partial charge in [-0.1, -0.05) is 23.7 Å². The SMILES string of the molecule is Cc1cc([C@@](C)(O)[C@H]2O[C@@H](n3cnc4c(=O)[nH]cnc43)[C@H](O)[C@@H]2O)ccc1Cl. The number of ether oxygens (including phenoxy) is 1. The predicted molar refractivity (Wildman–Crippen MR) is 99.8 cm³/mol. The van der Waals surface area contributed by atoms with E-state index in [1.165, 1.54) is 24.1 Å². The van der Waals surface area contributed by atoms with Crippen LogP contribution >= 0.6 is 11.6 Å². The van der Waals surface area contributed by atoms with Gasteiger partial charge in [-0.2, -0.15) is 0 Å². The fourth-order valence-electron chi connectivity index (χ4n) is 3.53. The van der Waals surface area contributed by atoms with Crippen molar-refractivity contribution in [3.63, 3.8) is 0 Å². The lowest BCUT2D eigenvalue weighted by Gasteiger charge is -2.32. The Bertz CT molecular complexity index is 1100. The first-order valence-electron chi connectivity index (χ1n) is 8.62. The highest BCUT2D eigenvalue weighted by atomic mass is 35.5. The second kappa shape index (κ2) is 6.64. The highest BCUT2D eigenvalue weighted by Gasteiger charge is 2.52. The lowest BCUT2D eigenvalue weighted by atomic mass is 9.86. The standard InChI is InChI=1S/C18H19ClN4O5/c1-8-5-9(3-4-10(8)19)18(2,27)14-12(24)13(25)17(28-14)23-7-22-11-15(23)20-6-21-16(11)26/h3-7,12-14,17,24-25,27H,1-2H3,(H,20,21,26)/t12-,13+,14-,17+,18+/m0/s1. The van der Waals surface area contributed by atoms with E-state index in [0.717, 1.165) is 5.56 Å². The van der Waals surface area contributed by atoms with Crippen LogP contribution in [0.1, 0.15) is 24.3 Å². The minimum absolute atomic E-state index is 0.0799. The van der Waals surface area contributed by atoms with Crippen molar-refractivity contribution in [1.29, 1.82) is 0 Å². The van der Waals surface area contributed by atoms with Crippen molar-refractivity contribution >= 4 is 22.8 Å². The number of aromatic nitrogens is 4. The highest BCUT2D eigenvalue weighted by Crippen LogP contribution is 2.40. The van der Waals surface area contributed by atoms with E-state index in [-0.39, 0.29) is 11.2 Å². The Balaban J connectivity index is 1.72. The summed E-state index contributed by atoms with van der Waals surface area (Å²) in [5.74, 6) is 0. The van der Waals surface area contributed by atoms with Crippen LogP contribution in [0.2, 0.25) is 5.02 Å². The zero-order chi connectivity index (χ0) is 20.2. The van der Waals surface area contributed by atoms with E-state index in [2.05, 4.69) is 15.0 Å². The Hall–Kier alpha value is -2.30. The number of aryl methyl sites for hydroxylation is 1. The molecule has 2 aromatic heterocycles. The van der Waals surface area contributed by atoms with Crippen LogP contribution in [0.15, 0.2) is 35.6 Å². The second-order valence-corrected chi connectivity index (χ2v) is 7.50. The summed E-state index contributed by atoms with van der Waals surface area (Å²) < 4.78 is 7.22. The molecule has 1 aliphatic heterocycles. The lowest BCUT2D eigenvalue weighted by Crippen LogP contribution is -2.45. The molecule has 0 unspecified atom stereocenters. The average Bonchev–Trinajstić information content (AvgIpc) is 3.20. The molecule has 1 aliphatic rings. The third-order valence-electron chi connectivity index (χ3n) is 5.17. The van der Waals surface area contributed by atoms with Crippen molar-refractivity contribution in [2.75, 3.05) is 0 Å². The molecule has 0 aliphatic carbocycles. The maximum Gasteiger partial charge on any atom is 0.278 e. The third-order valence-corrected chi connectivity index (χ3v) is 5.60. The van der Waals surface area contributed by atoms with E-state index in [1.54, 1.807) is 25.1 Å². The zero-order valence-corrected chi connectivity index (χ0v) is 15.8. The van der Waals surface area contributed by atoms with E-state index < -0.39 is 35.7 Å². The van der Waals surface area contributed by atoms with Crippen LogP contribution in [-0.4, -0.2) is 53.2 Å². The van der Waals surface area contributed by atoms with Crippen LogP contribution in [0.5, 0.6) is 0 Å². The monoisotopic (exact) mass is 406 g/mol. The number of nitrogens with zero attached hydrogens (tertiary/aromatic N) is 3. The molecule has 10 heteroatoms. The van der Waals surface area contributed by atoms with Gasteiger partial charge in [0.05, 0.1) is 12.7 Å². The number of imidazole rings is 1. The second-order valence-electron chi connectivity index (χ2n) is 7.10. The summed E-state index contributed by atoms with van der Waals surface area (Å²) in [5, 5.41) is 32.8. The van der Waals surface area contributed by atoms with Crippen molar-refractivity contribution in [1.82, 2.24) is 19.5 Å². The molecule has 0 saturated carbocycles. The van der Waals surface area contributed by atoms with Crippen LogP contribution in [0.3, 0.4) is 0 Å². The number of hydrogen-bond donors (Lipinski definition) is 4. The summed E-state index contributed by atoms with van der Waals surface area (Å²) in [5.41, 5.74) is -0.536. The Morgan fingerprint density at radius 2 is 2.04 bits per heavy atom. The van der Waals surface area contributed by atoms with Gasteiger partial charge in [0.25, 0.3) is 5.56 Å². The minimum atomic E-state index is -1.62. The van der Waals surface area contributed by atoms with Gasteiger partial charge < -0.3 is 25.0 Å². The number of H-pyrrole nitrogens is 1. The van der Waals surface area contributed by atoms with Crippen molar-refractivity contribution in [2.24, 2.45) is 0 Å². The molecule has 4 rings (SSSR count). The van der Waals surface area contributed by atoms with Crippen molar-refractivity contribution in [3.8, 4) is 0 Å². The van der Waals surface area contributed by atoms with Gasteiger partial charge in [0.15, 0.2) is 17.4 Å². The average molecular weight is 407 g/mol. The van der Waals surface area contributed by atoms with Crippen LogP contribution in [0, 0.1) is 6.92 Å². The van der Waals surface area contributed by atoms with Gasteiger partial charge in [0.2, 0.25) is 0 Å². The molecule has 3 heterocycles. The number of aliphatic hydroxyl groups is 3. The first-order chi connectivity index (χ1) is 13.2. The number of halogens is 1. The summed E-state index contributed by atoms with van der Waals surface area (Å²) in [4.78, 5) is 22.3. The molecule has 1 aromatic carbocycles. The normalized spacial score (nSPS) is 27.2. The van der Waals surface area contributed by atoms with Crippen molar-refractivity contribution in [3.05, 3.63) is 57.4 Å². The molecule has 1 fully saturated rings. The highest BCUT2D eigenvalue weighted by molar-refractivity contribution is 6.31. The lowest BCUT2D eigenvalue weighted by molar-refractivity contribution is -0.136. The van der Waals surface area contributed by atoms with E-state index in [9.17, 15) is 20.1 Å². The zero-order valence-electron chi connectivity index (χ0n) is 15.1. The Kier molecular flexibility index (Phi) is 4.52. The maximum atomic E-state index is 11.8. The molecular weight excluding hydrogens is 388 g/mol. The van der Waals surface area contributed by atoms with Crippen molar-refractivity contribution in [2.45, 2.75) is 44.0 Å². The number of benzene rings is 1. The molecule has 1 saturated heterocycles. The number of aromatic amines is 1. The summed E-state index contributed by atoms with van der Waals surface area (Å²) in [6.45, 7) is 3.29. The van der Waals surface area contributed by atoms with E-state index in [4.69, 9.17) is 16.3 Å². The number of rotatable bonds is 3. The van der Waals surface area contributed by atoms with Gasteiger partial charge in [-0.3, -0.25) is 9.36 Å². The molecule has 0 amide bonds. The fraction of sp³-hybridized carbons (Fsp3) is 0.389. The molecule has 0 spiro atoms. The predicted octanol–water partition coefficient (Wildman–Crippen LogP) is 0.608. The summed E-state index contributed by atoms with van der Waals surface area (Å²) in [6, 6.07) is 4.99. The fourth-order valence-corrected chi connectivity index (χ4v) is 3.64. The maximum absolute atomic E-state index is 11.8. The van der Waals surface area contributed by atoms with Gasteiger partial charge in [-0.15, -0.1) is 0 Å². The quantitative estimate of drug-likeness (QED) is 0.500. The van der Waals surface area contributed by atoms with Crippen LogP contribution in [0.4, 0.5) is 0 Å². The molecule has 4 N–H and O–H groups in total. The molecule has 3 aromatic rings. The minimum Gasteiger partial charge on any atom is -0.387 e.